The van der Waals surface area contributed by atoms with E-state index in [-0.39, 0.29) is 5.16 Å². The van der Waals surface area contributed by atoms with Crippen LogP contribution in [-0.4, -0.2) is 10.0 Å². The average molecular weight is 234 g/mol. The van der Waals surface area contributed by atoms with E-state index < -0.39 is 8.03 Å². The molecule has 0 aromatic heterocycles. The second-order valence-electron chi connectivity index (χ2n) is 4.82. The second kappa shape index (κ2) is 7.46. The predicted octanol–water partition coefficient (Wildman–Crippen LogP) is 4.23. The Labute approximate surface area is 95.3 Å². The highest BCUT2D eigenvalue weighted by Crippen LogP contribution is 2.48. The summed E-state index contributed by atoms with van der Waals surface area (Å²) < 4.78 is 11.7. The molecule has 0 aliphatic rings. The van der Waals surface area contributed by atoms with Crippen molar-refractivity contribution in [3.8, 4) is 0 Å². The Kier molecular flexibility index (Phi) is 7.56. The van der Waals surface area contributed by atoms with Crippen molar-refractivity contribution in [2.24, 2.45) is 5.92 Å². The van der Waals surface area contributed by atoms with E-state index >= 15 is 0 Å². The molecule has 0 spiro atoms. The molecule has 0 aromatic rings. The molecule has 92 valence electrons. The average Bonchev–Trinajstić information content (AvgIpc) is 2.17. The molecule has 0 saturated heterocycles. The van der Waals surface area contributed by atoms with E-state index in [4.69, 9.17) is 0 Å². The zero-order valence-electron chi connectivity index (χ0n) is 10.7. The summed E-state index contributed by atoms with van der Waals surface area (Å²) in [7, 11) is -2.43. The van der Waals surface area contributed by atoms with Crippen molar-refractivity contribution in [1.29, 1.82) is 0 Å². The smallest absolute Gasteiger partial charge is 0.195 e. The minimum absolute atomic E-state index is 0.295. The third-order valence-corrected chi connectivity index (χ3v) is 5.41. The number of unbranched alkanes of at least 4 members (excludes halogenated alkanes) is 2. The van der Waals surface area contributed by atoms with Gasteiger partial charge in [0, 0.05) is 5.16 Å². The minimum Gasteiger partial charge on any atom is -0.346 e. The van der Waals surface area contributed by atoms with Gasteiger partial charge in [-0.15, -0.1) is 0 Å². The van der Waals surface area contributed by atoms with Crippen LogP contribution in [0.1, 0.15) is 66.2 Å². The van der Waals surface area contributed by atoms with E-state index in [9.17, 15) is 9.46 Å². The maximum atomic E-state index is 11.7. The quantitative estimate of drug-likeness (QED) is 0.638. The van der Waals surface area contributed by atoms with Crippen LogP contribution in [0.25, 0.3) is 0 Å². The Balaban J connectivity index is 4.65. The predicted molar refractivity (Wildman–Crippen MR) is 67.8 cm³/mol. The molecule has 0 bridgehead atoms. The molecule has 0 aromatic carbocycles. The molecule has 1 N–H and O–H groups in total. The number of rotatable bonds is 8. The fourth-order valence-corrected chi connectivity index (χ4v) is 3.42. The minimum atomic E-state index is -2.43. The SMILES string of the molecule is CCCCC(CCCC)(C(C)C)[PH](=O)O. The topological polar surface area (TPSA) is 37.3 Å². The van der Waals surface area contributed by atoms with Gasteiger partial charge in [0.2, 0.25) is 0 Å². The van der Waals surface area contributed by atoms with E-state index in [1.807, 2.05) is 0 Å². The molecule has 0 amide bonds. The lowest BCUT2D eigenvalue weighted by Crippen LogP contribution is -2.31. The van der Waals surface area contributed by atoms with Crippen LogP contribution in [0.3, 0.4) is 0 Å². The fourth-order valence-electron chi connectivity index (χ4n) is 2.15. The summed E-state index contributed by atoms with van der Waals surface area (Å²) in [6, 6.07) is 0. The third-order valence-electron chi connectivity index (χ3n) is 3.48. The van der Waals surface area contributed by atoms with E-state index in [1.165, 1.54) is 0 Å². The largest absolute Gasteiger partial charge is 0.346 e. The Hall–Kier alpha value is 0.190. The van der Waals surface area contributed by atoms with Gasteiger partial charge < -0.3 is 4.89 Å². The van der Waals surface area contributed by atoms with Crippen LogP contribution in [0, 0.1) is 5.92 Å². The molecule has 15 heavy (non-hydrogen) atoms. The summed E-state index contributed by atoms with van der Waals surface area (Å²) in [5.74, 6) is 0.312. The van der Waals surface area contributed by atoms with Crippen molar-refractivity contribution >= 4 is 8.03 Å². The van der Waals surface area contributed by atoms with Gasteiger partial charge in [0.15, 0.2) is 8.03 Å². The molecule has 0 saturated carbocycles. The Morgan fingerprint density at radius 3 is 1.73 bits per heavy atom. The van der Waals surface area contributed by atoms with Gasteiger partial charge in [0.05, 0.1) is 0 Å². The molecule has 2 nitrogen and oxygen atoms in total. The Bertz CT molecular complexity index is 182. The van der Waals surface area contributed by atoms with Crippen molar-refractivity contribution in [2.45, 2.75) is 71.4 Å². The van der Waals surface area contributed by atoms with Crippen LogP contribution in [0.2, 0.25) is 0 Å². The molecule has 3 heteroatoms. The fraction of sp³-hybridized carbons (Fsp3) is 1.00. The van der Waals surface area contributed by atoms with Gasteiger partial charge in [-0.1, -0.05) is 53.4 Å². The molecule has 0 fully saturated rings. The summed E-state index contributed by atoms with van der Waals surface area (Å²) in [6.45, 7) is 8.45. The van der Waals surface area contributed by atoms with E-state index in [1.54, 1.807) is 0 Å². The molecule has 1 atom stereocenters. The van der Waals surface area contributed by atoms with Gasteiger partial charge in [-0.3, -0.25) is 4.57 Å². The van der Waals surface area contributed by atoms with Gasteiger partial charge >= 0.3 is 0 Å². The van der Waals surface area contributed by atoms with E-state index in [2.05, 4.69) is 27.7 Å². The molecular formula is C12H27O2P. The van der Waals surface area contributed by atoms with E-state index in [0.29, 0.717) is 5.92 Å². The van der Waals surface area contributed by atoms with Crippen molar-refractivity contribution < 1.29 is 9.46 Å². The molecule has 1 unspecified atom stereocenters. The lowest BCUT2D eigenvalue weighted by atomic mass is 9.85. The summed E-state index contributed by atoms with van der Waals surface area (Å²) in [6.07, 6.45) is 6.17. The molecule has 0 radical (unpaired) electrons. The molecule has 0 aliphatic heterocycles. The zero-order chi connectivity index (χ0) is 11.9. The monoisotopic (exact) mass is 234 g/mol. The maximum Gasteiger partial charge on any atom is 0.195 e. The van der Waals surface area contributed by atoms with Crippen LogP contribution in [0.5, 0.6) is 0 Å². The first-order valence-electron chi connectivity index (χ1n) is 6.24. The van der Waals surface area contributed by atoms with Crippen LogP contribution >= 0.6 is 8.03 Å². The normalized spacial score (nSPS) is 14.5. The van der Waals surface area contributed by atoms with Crippen molar-refractivity contribution in [2.75, 3.05) is 0 Å². The Morgan fingerprint density at radius 2 is 1.53 bits per heavy atom. The first-order valence-corrected chi connectivity index (χ1v) is 7.60. The highest BCUT2D eigenvalue weighted by molar-refractivity contribution is 7.40. The Morgan fingerprint density at radius 1 is 1.13 bits per heavy atom. The summed E-state index contributed by atoms with van der Waals surface area (Å²) in [5, 5.41) is -0.295. The summed E-state index contributed by atoms with van der Waals surface area (Å²) in [4.78, 5) is 9.63. The van der Waals surface area contributed by atoms with Gasteiger partial charge in [-0.05, 0) is 18.8 Å². The number of hydrogen-bond donors (Lipinski definition) is 1. The maximum absolute atomic E-state index is 11.7. The molecule has 0 rings (SSSR count). The second-order valence-corrected chi connectivity index (χ2v) is 6.43. The van der Waals surface area contributed by atoms with E-state index in [0.717, 1.165) is 38.5 Å². The van der Waals surface area contributed by atoms with Gasteiger partial charge in [-0.25, -0.2) is 0 Å². The van der Waals surface area contributed by atoms with Crippen molar-refractivity contribution in [3.63, 3.8) is 0 Å². The zero-order valence-corrected chi connectivity index (χ0v) is 11.7. The molecular weight excluding hydrogens is 207 g/mol. The summed E-state index contributed by atoms with van der Waals surface area (Å²) in [5.41, 5.74) is 0. The first-order chi connectivity index (χ1) is 7.01. The highest BCUT2D eigenvalue weighted by atomic mass is 31.1. The molecule has 0 heterocycles. The lowest BCUT2D eigenvalue weighted by Gasteiger charge is -2.35. The van der Waals surface area contributed by atoms with Crippen molar-refractivity contribution in [3.05, 3.63) is 0 Å². The van der Waals surface area contributed by atoms with Crippen LogP contribution in [0.4, 0.5) is 0 Å². The van der Waals surface area contributed by atoms with Crippen molar-refractivity contribution in [1.82, 2.24) is 0 Å². The highest BCUT2D eigenvalue weighted by Gasteiger charge is 2.37. The lowest BCUT2D eigenvalue weighted by molar-refractivity contribution is 0.318. The van der Waals surface area contributed by atoms with Crippen LogP contribution in [-0.2, 0) is 4.57 Å². The van der Waals surface area contributed by atoms with Gasteiger partial charge in [-0.2, -0.15) is 0 Å². The first kappa shape index (κ1) is 15.2. The van der Waals surface area contributed by atoms with Crippen LogP contribution < -0.4 is 0 Å². The summed E-state index contributed by atoms with van der Waals surface area (Å²) >= 11 is 0. The van der Waals surface area contributed by atoms with Crippen LogP contribution in [0.15, 0.2) is 0 Å². The standard InChI is InChI=1S/C12H27O2P/c1-5-7-9-12(11(3)4,15(13)14)10-8-6-2/h11,15H,5-10H2,1-4H3,(H,13,14). The van der Waals surface area contributed by atoms with Gasteiger partial charge in [0.25, 0.3) is 0 Å². The molecule has 0 aliphatic carbocycles. The third kappa shape index (κ3) is 4.28. The van der Waals surface area contributed by atoms with Gasteiger partial charge in [0.1, 0.15) is 0 Å². The number of hydrogen-bond acceptors (Lipinski definition) is 1.